The van der Waals surface area contributed by atoms with Crippen LogP contribution in [-0.4, -0.2) is 36.7 Å². The van der Waals surface area contributed by atoms with Crippen LogP contribution in [-0.2, 0) is 4.74 Å². The normalized spacial score (nSPS) is 27.7. The van der Waals surface area contributed by atoms with E-state index in [1.54, 1.807) is 5.57 Å². The maximum atomic E-state index is 6.19. The summed E-state index contributed by atoms with van der Waals surface area (Å²) in [4.78, 5) is 2.66. The number of hydrogen-bond donors (Lipinski definition) is 0. The van der Waals surface area contributed by atoms with Gasteiger partial charge in [-0.25, -0.2) is 0 Å². The van der Waals surface area contributed by atoms with E-state index in [0.29, 0.717) is 11.5 Å². The molecule has 0 N–H and O–H groups in total. The van der Waals surface area contributed by atoms with Crippen molar-refractivity contribution in [2.75, 3.05) is 19.7 Å². The molecular weight excluding hydrogens is 270 g/mol. The topological polar surface area (TPSA) is 12.5 Å². The number of allylic oxidation sites excluding steroid dienone is 1. The van der Waals surface area contributed by atoms with Gasteiger partial charge in [0.15, 0.2) is 0 Å². The molecular formula is C20H37NO. The van der Waals surface area contributed by atoms with Gasteiger partial charge in [0, 0.05) is 12.6 Å². The van der Waals surface area contributed by atoms with Crippen LogP contribution < -0.4 is 0 Å². The predicted octanol–water partition coefficient (Wildman–Crippen LogP) is 5.18. The van der Waals surface area contributed by atoms with Gasteiger partial charge in [-0.2, -0.15) is 0 Å². The quantitative estimate of drug-likeness (QED) is 0.601. The summed E-state index contributed by atoms with van der Waals surface area (Å²) < 4.78 is 6.19. The second-order valence-electron chi connectivity index (χ2n) is 7.83. The zero-order valence-electron chi connectivity index (χ0n) is 15.4. The highest BCUT2D eigenvalue weighted by atomic mass is 16.5. The molecule has 2 atom stereocenters. The Balaban J connectivity index is 1.70. The third-order valence-corrected chi connectivity index (χ3v) is 6.07. The Hall–Kier alpha value is -0.340. The molecule has 1 aliphatic carbocycles. The monoisotopic (exact) mass is 307 g/mol. The minimum absolute atomic E-state index is 0.382. The van der Waals surface area contributed by atoms with Gasteiger partial charge in [-0.1, -0.05) is 45.8 Å². The fourth-order valence-electron chi connectivity index (χ4n) is 3.96. The Bertz CT molecular complexity index is 361. The molecule has 0 aromatic rings. The van der Waals surface area contributed by atoms with E-state index in [0.717, 1.165) is 25.6 Å². The molecule has 2 rings (SSSR count). The first-order chi connectivity index (χ1) is 10.6. The van der Waals surface area contributed by atoms with Crippen molar-refractivity contribution in [2.24, 2.45) is 5.41 Å². The zero-order valence-corrected chi connectivity index (χ0v) is 15.4. The molecule has 0 amide bonds. The molecule has 1 fully saturated rings. The second kappa shape index (κ2) is 8.49. The lowest BCUT2D eigenvalue weighted by molar-refractivity contribution is 0.0170. The summed E-state index contributed by atoms with van der Waals surface area (Å²) in [5, 5.41) is 0. The highest BCUT2D eigenvalue weighted by Crippen LogP contribution is 2.36. The van der Waals surface area contributed by atoms with Crippen molar-refractivity contribution in [3.63, 3.8) is 0 Å². The van der Waals surface area contributed by atoms with E-state index < -0.39 is 0 Å². The highest BCUT2D eigenvalue weighted by Gasteiger charge is 2.25. The average molecular weight is 308 g/mol. The fourth-order valence-corrected chi connectivity index (χ4v) is 3.96. The molecule has 0 saturated carbocycles. The van der Waals surface area contributed by atoms with Crippen molar-refractivity contribution in [2.45, 2.75) is 91.2 Å². The van der Waals surface area contributed by atoms with E-state index in [1.807, 2.05) is 0 Å². The molecule has 0 aromatic carbocycles. The van der Waals surface area contributed by atoms with Gasteiger partial charge in [0.05, 0.1) is 12.7 Å². The van der Waals surface area contributed by atoms with E-state index in [-0.39, 0.29) is 0 Å². The SMILES string of the molecule is CCC1CCCCN1CCOC1CC=C(C(C)(C)CC)CC1. The van der Waals surface area contributed by atoms with Crippen LogP contribution in [0.2, 0.25) is 0 Å². The number of rotatable bonds is 7. The van der Waals surface area contributed by atoms with Crippen LogP contribution >= 0.6 is 0 Å². The third-order valence-electron chi connectivity index (χ3n) is 6.07. The van der Waals surface area contributed by atoms with Crippen LogP contribution in [0.25, 0.3) is 0 Å². The van der Waals surface area contributed by atoms with Crippen molar-refractivity contribution < 1.29 is 4.74 Å². The molecule has 2 nitrogen and oxygen atoms in total. The lowest BCUT2D eigenvalue weighted by atomic mass is 9.76. The lowest BCUT2D eigenvalue weighted by Gasteiger charge is -2.36. The largest absolute Gasteiger partial charge is 0.377 e. The highest BCUT2D eigenvalue weighted by molar-refractivity contribution is 5.15. The summed E-state index contributed by atoms with van der Waals surface area (Å²) >= 11 is 0. The maximum Gasteiger partial charge on any atom is 0.0613 e. The van der Waals surface area contributed by atoms with E-state index in [2.05, 4.69) is 38.7 Å². The molecule has 0 bridgehead atoms. The van der Waals surface area contributed by atoms with E-state index in [4.69, 9.17) is 4.74 Å². The second-order valence-corrected chi connectivity index (χ2v) is 7.83. The summed E-state index contributed by atoms with van der Waals surface area (Å²) in [5.41, 5.74) is 2.03. The number of piperidine rings is 1. The van der Waals surface area contributed by atoms with Crippen LogP contribution in [0.1, 0.15) is 79.1 Å². The van der Waals surface area contributed by atoms with Crippen molar-refractivity contribution in [1.29, 1.82) is 0 Å². The first-order valence-electron chi connectivity index (χ1n) is 9.62. The van der Waals surface area contributed by atoms with E-state index in [9.17, 15) is 0 Å². The fraction of sp³-hybridized carbons (Fsp3) is 0.900. The molecule has 0 aromatic heterocycles. The van der Waals surface area contributed by atoms with E-state index >= 15 is 0 Å². The number of ether oxygens (including phenoxy) is 1. The van der Waals surface area contributed by atoms with Crippen molar-refractivity contribution in [3.05, 3.63) is 11.6 Å². The van der Waals surface area contributed by atoms with Gasteiger partial charge in [0.2, 0.25) is 0 Å². The maximum absolute atomic E-state index is 6.19. The molecule has 1 heterocycles. The molecule has 0 spiro atoms. The van der Waals surface area contributed by atoms with Crippen LogP contribution in [0.15, 0.2) is 11.6 Å². The molecule has 1 saturated heterocycles. The summed E-state index contributed by atoms with van der Waals surface area (Å²) in [7, 11) is 0. The van der Waals surface area contributed by atoms with Gasteiger partial charge < -0.3 is 4.74 Å². The number of hydrogen-bond acceptors (Lipinski definition) is 2. The zero-order chi connectivity index (χ0) is 16.0. The summed E-state index contributed by atoms with van der Waals surface area (Å²) in [6.45, 7) is 12.7. The van der Waals surface area contributed by atoms with Gasteiger partial charge in [0.1, 0.15) is 0 Å². The summed E-state index contributed by atoms with van der Waals surface area (Å²) in [5.74, 6) is 0. The molecule has 2 aliphatic rings. The molecule has 22 heavy (non-hydrogen) atoms. The number of nitrogens with zero attached hydrogens (tertiary/aromatic N) is 1. The average Bonchev–Trinajstić information content (AvgIpc) is 2.56. The molecule has 1 aliphatic heterocycles. The standard InChI is InChI=1S/C20H37NO/c1-5-18-9-7-8-14-21(18)15-16-22-19-12-10-17(11-13-19)20(3,4)6-2/h10,18-19H,5-9,11-16H2,1-4H3. The van der Waals surface area contributed by atoms with Crippen LogP contribution in [0.4, 0.5) is 0 Å². The smallest absolute Gasteiger partial charge is 0.0613 e. The molecule has 2 unspecified atom stereocenters. The van der Waals surface area contributed by atoms with Gasteiger partial charge in [-0.3, -0.25) is 4.90 Å². The first-order valence-corrected chi connectivity index (χ1v) is 9.62. The minimum Gasteiger partial charge on any atom is -0.377 e. The lowest BCUT2D eigenvalue weighted by Crippen LogP contribution is -2.41. The minimum atomic E-state index is 0.382. The van der Waals surface area contributed by atoms with Crippen molar-refractivity contribution in [1.82, 2.24) is 4.90 Å². The van der Waals surface area contributed by atoms with Gasteiger partial charge in [-0.15, -0.1) is 0 Å². The summed E-state index contributed by atoms with van der Waals surface area (Å²) in [6, 6.07) is 0.806. The Morgan fingerprint density at radius 3 is 2.68 bits per heavy atom. The first kappa shape index (κ1) is 18.0. The Kier molecular flexibility index (Phi) is 6.95. The Morgan fingerprint density at radius 2 is 2.05 bits per heavy atom. The van der Waals surface area contributed by atoms with Crippen molar-refractivity contribution >= 4 is 0 Å². The summed E-state index contributed by atoms with van der Waals surface area (Å²) in [6.07, 6.45) is 13.2. The Labute approximate surface area is 138 Å². The van der Waals surface area contributed by atoms with Gasteiger partial charge >= 0.3 is 0 Å². The van der Waals surface area contributed by atoms with Crippen molar-refractivity contribution in [3.8, 4) is 0 Å². The van der Waals surface area contributed by atoms with Gasteiger partial charge in [0.25, 0.3) is 0 Å². The molecule has 128 valence electrons. The van der Waals surface area contributed by atoms with E-state index in [1.165, 1.54) is 51.5 Å². The van der Waals surface area contributed by atoms with Gasteiger partial charge in [-0.05, 0) is 56.9 Å². The van der Waals surface area contributed by atoms with Crippen LogP contribution in [0, 0.1) is 5.41 Å². The number of likely N-dealkylation sites (tertiary alicyclic amines) is 1. The predicted molar refractivity (Wildman–Crippen MR) is 95.2 cm³/mol. The third kappa shape index (κ3) is 4.83. The van der Waals surface area contributed by atoms with Crippen LogP contribution in [0.5, 0.6) is 0 Å². The Morgan fingerprint density at radius 1 is 1.23 bits per heavy atom. The van der Waals surface area contributed by atoms with Crippen LogP contribution in [0.3, 0.4) is 0 Å². The molecule has 0 radical (unpaired) electrons. The molecule has 2 heteroatoms.